The molecule has 0 radical (unpaired) electrons. The van der Waals surface area contributed by atoms with E-state index in [2.05, 4.69) is 0 Å². The SMILES string of the molecule is CC(C)(Cl)C(Cl)(Cl)C(Cl)COCC(Cl)C(Cl)(Cl)C(C)(C)Cl. The summed E-state index contributed by atoms with van der Waals surface area (Å²) >= 11 is 49.1. The zero-order valence-corrected chi connectivity index (χ0v) is 18.0. The maximum absolute atomic E-state index is 6.16. The second-order valence-electron chi connectivity index (χ2n) is 5.66. The highest BCUT2D eigenvalue weighted by atomic mass is 35.5. The number of alkyl halides is 8. The number of hydrogen-bond donors (Lipinski definition) is 0. The fraction of sp³-hybridized carbons (Fsp3) is 1.00. The lowest BCUT2D eigenvalue weighted by atomic mass is 10.1. The van der Waals surface area contributed by atoms with Crippen LogP contribution in [-0.2, 0) is 4.74 Å². The Bertz CT molecular complexity index is 299. The molecule has 0 saturated heterocycles. The molecule has 0 spiro atoms. The van der Waals surface area contributed by atoms with Crippen molar-refractivity contribution in [1.29, 1.82) is 0 Å². The van der Waals surface area contributed by atoms with Crippen LogP contribution in [0.25, 0.3) is 0 Å². The predicted molar refractivity (Wildman–Crippen MR) is 98.8 cm³/mol. The van der Waals surface area contributed by atoms with E-state index in [0.29, 0.717) is 0 Å². The summed E-state index contributed by atoms with van der Waals surface area (Å²) in [4.78, 5) is -1.87. The summed E-state index contributed by atoms with van der Waals surface area (Å²) in [6.45, 7) is 6.69. The van der Waals surface area contributed by atoms with Gasteiger partial charge in [-0.15, -0.1) is 46.4 Å². The number of rotatable bonds is 8. The molecule has 0 aromatic carbocycles. The van der Waals surface area contributed by atoms with Crippen molar-refractivity contribution in [2.45, 2.75) is 56.9 Å². The fourth-order valence-electron chi connectivity index (χ4n) is 1.23. The van der Waals surface area contributed by atoms with E-state index in [-0.39, 0.29) is 13.2 Å². The predicted octanol–water partition coefficient (Wildman–Crippen LogP) is 6.60. The van der Waals surface area contributed by atoms with Crippen LogP contribution < -0.4 is 0 Å². The van der Waals surface area contributed by atoms with Gasteiger partial charge in [0.2, 0.25) is 0 Å². The van der Waals surface area contributed by atoms with Gasteiger partial charge in [-0.3, -0.25) is 0 Å². The molecule has 9 heteroatoms. The van der Waals surface area contributed by atoms with E-state index < -0.39 is 29.2 Å². The molecular weight excluding hydrogens is 444 g/mol. The van der Waals surface area contributed by atoms with Crippen LogP contribution in [0.2, 0.25) is 0 Å². The molecule has 0 heterocycles. The topological polar surface area (TPSA) is 9.23 Å². The quantitative estimate of drug-likeness (QED) is 0.370. The first-order valence-electron chi connectivity index (χ1n) is 6.04. The summed E-state index contributed by atoms with van der Waals surface area (Å²) in [7, 11) is 0. The third-order valence-corrected chi connectivity index (χ3v) is 8.18. The van der Waals surface area contributed by atoms with Crippen molar-refractivity contribution in [2.75, 3.05) is 13.2 Å². The second kappa shape index (κ2) is 8.11. The van der Waals surface area contributed by atoms with E-state index >= 15 is 0 Å². The van der Waals surface area contributed by atoms with Gasteiger partial charge in [0.15, 0.2) is 8.67 Å². The van der Waals surface area contributed by atoms with E-state index in [4.69, 9.17) is 97.5 Å². The summed E-state index contributed by atoms with van der Waals surface area (Å²) in [5, 5.41) is -1.50. The third-order valence-electron chi connectivity index (χ3n) is 2.90. The Hall–Kier alpha value is 2.28. The van der Waals surface area contributed by atoms with E-state index in [9.17, 15) is 0 Å². The molecule has 0 aliphatic heterocycles. The number of ether oxygens (including phenoxy) is 1. The number of halogens is 8. The van der Waals surface area contributed by atoms with E-state index in [0.717, 1.165) is 0 Å². The standard InChI is InChI=1S/C12H18Cl8O/c1-9(2,15)11(17,18)7(13)5-21-6-8(14)12(19,20)10(3,4)16/h7-8H,5-6H2,1-4H3. The smallest absolute Gasteiger partial charge is 0.155 e. The molecule has 21 heavy (non-hydrogen) atoms. The van der Waals surface area contributed by atoms with Gasteiger partial charge in [-0.25, -0.2) is 0 Å². The minimum Gasteiger partial charge on any atom is -0.378 e. The maximum Gasteiger partial charge on any atom is 0.155 e. The highest BCUT2D eigenvalue weighted by molar-refractivity contribution is 6.57. The van der Waals surface area contributed by atoms with Gasteiger partial charge in [-0.1, -0.05) is 46.4 Å². The summed E-state index contributed by atoms with van der Waals surface area (Å²) in [6.07, 6.45) is 0. The molecule has 1 nitrogen and oxygen atoms in total. The Morgan fingerprint density at radius 2 is 0.905 bits per heavy atom. The van der Waals surface area contributed by atoms with Crippen molar-refractivity contribution < 1.29 is 4.74 Å². The lowest BCUT2D eigenvalue weighted by Gasteiger charge is -2.37. The molecule has 2 atom stereocenters. The van der Waals surface area contributed by atoms with Gasteiger partial charge in [0.25, 0.3) is 0 Å². The van der Waals surface area contributed by atoms with Gasteiger partial charge in [-0.05, 0) is 27.7 Å². The fourth-order valence-corrected chi connectivity index (χ4v) is 2.58. The lowest BCUT2D eigenvalue weighted by Crippen LogP contribution is -2.47. The molecule has 0 N–H and O–H groups in total. The van der Waals surface area contributed by atoms with Crippen LogP contribution in [0, 0.1) is 0 Å². The molecule has 128 valence electrons. The van der Waals surface area contributed by atoms with Gasteiger partial charge in [0.05, 0.1) is 33.7 Å². The van der Waals surface area contributed by atoms with Gasteiger partial charge in [-0.2, -0.15) is 0 Å². The van der Waals surface area contributed by atoms with Crippen LogP contribution in [0.5, 0.6) is 0 Å². The van der Waals surface area contributed by atoms with Crippen molar-refractivity contribution in [3.63, 3.8) is 0 Å². The largest absolute Gasteiger partial charge is 0.378 e. The Morgan fingerprint density at radius 3 is 1.10 bits per heavy atom. The maximum atomic E-state index is 6.16. The van der Waals surface area contributed by atoms with Gasteiger partial charge in [0.1, 0.15) is 0 Å². The zero-order chi connectivity index (χ0) is 17.3. The first-order chi connectivity index (χ1) is 9.05. The van der Waals surface area contributed by atoms with Crippen LogP contribution in [0.1, 0.15) is 27.7 Å². The molecule has 2 unspecified atom stereocenters. The molecule has 0 rings (SSSR count). The summed E-state index contributed by atoms with van der Waals surface area (Å²) < 4.78 is 2.63. The molecule has 0 aromatic heterocycles. The lowest BCUT2D eigenvalue weighted by molar-refractivity contribution is 0.124. The average Bonchev–Trinajstić information content (AvgIpc) is 2.25. The Morgan fingerprint density at radius 1 is 0.667 bits per heavy atom. The highest BCUT2D eigenvalue weighted by Crippen LogP contribution is 2.45. The molecule has 0 amide bonds. The van der Waals surface area contributed by atoms with Crippen LogP contribution >= 0.6 is 92.8 Å². The van der Waals surface area contributed by atoms with Crippen LogP contribution in [-0.4, -0.2) is 42.4 Å². The summed E-state index contributed by atoms with van der Waals surface area (Å²) in [6, 6.07) is 0. The Balaban J connectivity index is 4.52. The molecule has 0 fully saturated rings. The van der Waals surface area contributed by atoms with Crippen molar-refractivity contribution in [2.24, 2.45) is 0 Å². The molecule has 0 aliphatic rings. The van der Waals surface area contributed by atoms with Crippen LogP contribution in [0.4, 0.5) is 0 Å². The molecule has 0 saturated carbocycles. The normalized spacial score (nSPS) is 17.7. The van der Waals surface area contributed by atoms with Crippen LogP contribution in [0.3, 0.4) is 0 Å². The first kappa shape index (κ1) is 23.3. The van der Waals surface area contributed by atoms with Crippen molar-refractivity contribution in [1.82, 2.24) is 0 Å². The zero-order valence-electron chi connectivity index (χ0n) is 12.0. The van der Waals surface area contributed by atoms with Crippen LogP contribution in [0.15, 0.2) is 0 Å². The Kier molecular flexibility index (Phi) is 8.99. The van der Waals surface area contributed by atoms with Gasteiger partial charge < -0.3 is 4.74 Å². The van der Waals surface area contributed by atoms with Crippen molar-refractivity contribution >= 4 is 92.8 Å². The average molecular weight is 462 g/mol. The van der Waals surface area contributed by atoms with Gasteiger partial charge in [0, 0.05) is 0 Å². The van der Waals surface area contributed by atoms with E-state index in [1.807, 2.05) is 0 Å². The highest BCUT2D eigenvalue weighted by Gasteiger charge is 2.48. The monoisotopic (exact) mass is 458 g/mol. The molecule has 0 aliphatic carbocycles. The number of hydrogen-bond acceptors (Lipinski definition) is 1. The second-order valence-corrected chi connectivity index (χ2v) is 11.4. The third kappa shape index (κ3) is 6.25. The summed E-state index contributed by atoms with van der Waals surface area (Å²) in [5.41, 5.74) is 0. The van der Waals surface area contributed by atoms with E-state index in [1.165, 1.54) is 0 Å². The van der Waals surface area contributed by atoms with Crippen molar-refractivity contribution in [3.05, 3.63) is 0 Å². The molecular formula is C12H18Cl8O. The van der Waals surface area contributed by atoms with E-state index in [1.54, 1.807) is 27.7 Å². The first-order valence-corrected chi connectivity index (χ1v) is 9.18. The van der Waals surface area contributed by atoms with Gasteiger partial charge >= 0.3 is 0 Å². The van der Waals surface area contributed by atoms with Crippen molar-refractivity contribution in [3.8, 4) is 0 Å². The minimum absolute atomic E-state index is 0.0283. The Labute approximate surface area is 166 Å². The minimum atomic E-state index is -1.39. The molecule has 0 bridgehead atoms. The molecule has 0 aromatic rings. The summed E-state index contributed by atoms with van der Waals surface area (Å²) in [5.74, 6) is 0.